The van der Waals surface area contributed by atoms with Gasteiger partial charge in [-0.25, -0.2) is 4.39 Å². The van der Waals surface area contributed by atoms with Crippen molar-refractivity contribution in [3.63, 3.8) is 0 Å². The number of hydrogen-bond acceptors (Lipinski definition) is 2. The maximum atomic E-state index is 13.4. The van der Waals surface area contributed by atoms with Crippen LogP contribution in [0, 0.1) is 24.1 Å². The first-order valence-electron chi connectivity index (χ1n) is 5.84. The summed E-state index contributed by atoms with van der Waals surface area (Å²) in [6.45, 7) is 1.57. The maximum Gasteiger partial charge on any atom is 0.420 e. The fourth-order valence-electron chi connectivity index (χ4n) is 2.03. The SMILES string of the molecule is Cc1cc(F)cc(-c2cc(C#N)cc(C(F)(F)F)c2O)c1. The van der Waals surface area contributed by atoms with Crippen LogP contribution in [0.2, 0.25) is 0 Å². The van der Waals surface area contributed by atoms with Gasteiger partial charge in [-0.15, -0.1) is 0 Å². The van der Waals surface area contributed by atoms with Gasteiger partial charge in [0.15, 0.2) is 0 Å². The van der Waals surface area contributed by atoms with Gasteiger partial charge in [-0.3, -0.25) is 0 Å². The summed E-state index contributed by atoms with van der Waals surface area (Å²) in [5, 5.41) is 18.7. The van der Waals surface area contributed by atoms with Gasteiger partial charge in [0.25, 0.3) is 0 Å². The second-order valence-electron chi connectivity index (χ2n) is 4.55. The summed E-state index contributed by atoms with van der Waals surface area (Å²) in [5.74, 6) is -1.66. The molecule has 2 rings (SSSR count). The Hall–Kier alpha value is -2.55. The van der Waals surface area contributed by atoms with Gasteiger partial charge in [0.1, 0.15) is 11.6 Å². The molecule has 0 spiro atoms. The smallest absolute Gasteiger partial charge is 0.420 e. The highest BCUT2D eigenvalue weighted by atomic mass is 19.4. The van der Waals surface area contributed by atoms with E-state index in [0.717, 1.165) is 12.1 Å². The summed E-state index contributed by atoms with van der Waals surface area (Å²) in [4.78, 5) is 0. The van der Waals surface area contributed by atoms with Crippen molar-refractivity contribution in [1.29, 1.82) is 5.26 Å². The summed E-state index contributed by atoms with van der Waals surface area (Å²) in [5.41, 5.74) is -1.26. The molecule has 0 radical (unpaired) electrons. The Morgan fingerprint density at radius 3 is 2.29 bits per heavy atom. The first-order chi connectivity index (χ1) is 9.72. The fourth-order valence-corrected chi connectivity index (χ4v) is 2.03. The summed E-state index contributed by atoms with van der Waals surface area (Å²) in [6.07, 6.45) is -4.81. The quantitative estimate of drug-likeness (QED) is 0.793. The Balaban J connectivity index is 2.77. The zero-order valence-corrected chi connectivity index (χ0v) is 10.8. The van der Waals surface area contributed by atoms with E-state index in [-0.39, 0.29) is 16.7 Å². The van der Waals surface area contributed by atoms with E-state index in [4.69, 9.17) is 5.26 Å². The maximum absolute atomic E-state index is 13.4. The van der Waals surface area contributed by atoms with Gasteiger partial charge in [0.05, 0.1) is 17.2 Å². The standard InChI is InChI=1S/C15H9F4NO/c1-8-2-10(6-11(16)3-8)12-4-9(7-20)5-13(14(12)21)15(17,18)19/h2-6,21H,1H3. The third-order valence-corrected chi connectivity index (χ3v) is 2.90. The van der Waals surface area contributed by atoms with Crippen molar-refractivity contribution < 1.29 is 22.7 Å². The van der Waals surface area contributed by atoms with Crippen LogP contribution in [0.4, 0.5) is 17.6 Å². The van der Waals surface area contributed by atoms with E-state index in [0.29, 0.717) is 11.6 Å². The van der Waals surface area contributed by atoms with Crippen molar-refractivity contribution in [2.75, 3.05) is 0 Å². The number of hydrogen-bond donors (Lipinski definition) is 1. The first-order valence-corrected chi connectivity index (χ1v) is 5.84. The minimum atomic E-state index is -4.81. The molecule has 0 aromatic heterocycles. The van der Waals surface area contributed by atoms with Crippen LogP contribution in [0.15, 0.2) is 30.3 Å². The molecule has 2 aromatic carbocycles. The number of nitrogens with zero attached hydrogens (tertiary/aromatic N) is 1. The van der Waals surface area contributed by atoms with Gasteiger partial charge in [-0.05, 0) is 42.3 Å². The summed E-state index contributed by atoms with van der Waals surface area (Å²) >= 11 is 0. The van der Waals surface area contributed by atoms with Crippen molar-refractivity contribution >= 4 is 0 Å². The Kier molecular flexibility index (Phi) is 3.60. The zero-order chi connectivity index (χ0) is 15.8. The number of phenolic OH excluding ortho intramolecular Hbond substituents is 1. The third kappa shape index (κ3) is 2.97. The number of alkyl halides is 3. The number of aryl methyl sites for hydroxylation is 1. The number of halogens is 4. The molecule has 21 heavy (non-hydrogen) atoms. The van der Waals surface area contributed by atoms with Gasteiger partial charge in [-0.1, -0.05) is 6.07 Å². The molecule has 2 aromatic rings. The van der Waals surface area contributed by atoms with E-state index >= 15 is 0 Å². The molecule has 0 saturated heterocycles. The monoisotopic (exact) mass is 295 g/mol. The third-order valence-electron chi connectivity index (χ3n) is 2.90. The molecule has 0 unspecified atom stereocenters. The molecule has 108 valence electrons. The molecule has 0 saturated carbocycles. The van der Waals surface area contributed by atoms with Gasteiger partial charge in [0.2, 0.25) is 0 Å². The minimum Gasteiger partial charge on any atom is -0.507 e. The highest BCUT2D eigenvalue weighted by Gasteiger charge is 2.35. The average molecular weight is 295 g/mol. The minimum absolute atomic E-state index is 0.0765. The second-order valence-corrected chi connectivity index (χ2v) is 4.55. The molecule has 0 fully saturated rings. The van der Waals surface area contributed by atoms with Crippen molar-refractivity contribution in [3.8, 4) is 22.9 Å². The van der Waals surface area contributed by atoms with E-state index in [9.17, 15) is 22.7 Å². The molecule has 2 nitrogen and oxygen atoms in total. The summed E-state index contributed by atoms with van der Waals surface area (Å²) in [7, 11) is 0. The highest BCUT2D eigenvalue weighted by Crippen LogP contribution is 2.42. The van der Waals surface area contributed by atoms with Crippen LogP contribution in [0.3, 0.4) is 0 Å². The lowest BCUT2D eigenvalue weighted by Gasteiger charge is -2.14. The first kappa shape index (κ1) is 14.9. The van der Waals surface area contributed by atoms with E-state index in [2.05, 4.69) is 0 Å². The fraction of sp³-hybridized carbons (Fsp3) is 0.133. The molecule has 0 bridgehead atoms. The Morgan fingerprint density at radius 1 is 1.10 bits per heavy atom. The largest absolute Gasteiger partial charge is 0.507 e. The summed E-state index contributed by atoms with van der Waals surface area (Å²) in [6, 6.07) is 6.90. The number of rotatable bonds is 1. The zero-order valence-electron chi connectivity index (χ0n) is 10.8. The lowest BCUT2D eigenvalue weighted by atomic mass is 9.97. The predicted octanol–water partition coefficient (Wildman–Crippen LogP) is 4.40. The van der Waals surface area contributed by atoms with Crippen LogP contribution in [0.1, 0.15) is 16.7 Å². The van der Waals surface area contributed by atoms with Gasteiger partial charge < -0.3 is 5.11 Å². The normalized spacial score (nSPS) is 11.2. The molecule has 0 aliphatic carbocycles. The second kappa shape index (κ2) is 5.09. The molecule has 0 aliphatic heterocycles. The van der Waals surface area contributed by atoms with E-state index in [1.807, 2.05) is 0 Å². The van der Waals surface area contributed by atoms with Crippen LogP contribution in [-0.2, 0) is 6.18 Å². The predicted molar refractivity (Wildman–Crippen MR) is 68.0 cm³/mol. The van der Waals surface area contributed by atoms with Crippen LogP contribution >= 0.6 is 0 Å². The molecular formula is C15H9F4NO. The van der Waals surface area contributed by atoms with Crippen LogP contribution in [-0.4, -0.2) is 5.11 Å². The molecule has 1 N–H and O–H groups in total. The molecule has 0 heterocycles. The van der Waals surface area contributed by atoms with Gasteiger partial charge in [0, 0.05) is 5.56 Å². The van der Waals surface area contributed by atoms with Crippen LogP contribution in [0.5, 0.6) is 5.75 Å². The lowest BCUT2D eigenvalue weighted by Crippen LogP contribution is -2.06. The lowest BCUT2D eigenvalue weighted by molar-refractivity contribution is -0.138. The van der Waals surface area contributed by atoms with Crippen molar-refractivity contribution in [1.82, 2.24) is 0 Å². The van der Waals surface area contributed by atoms with E-state index in [1.54, 1.807) is 13.0 Å². The van der Waals surface area contributed by atoms with Crippen molar-refractivity contribution in [2.24, 2.45) is 0 Å². The Bertz CT molecular complexity index is 724. The molecule has 0 aliphatic rings. The van der Waals surface area contributed by atoms with Gasteiger partial charge >= 0.3 is 6.18 Å². The summed E-state index contributed by atoms with van der Waals surface area (Å²) < 4.78 is 52.0. The molecule has 0 atom stereocenters. The number of benzene rings is 2. The van der Waals surface area contributed by atoms with Crippen molar-refractivity contribution in [3.05, 3.63) is 52.8 Å². The number of nitriles is 1. The Labute approximate surface area is 117 Å². The number of phenols is 1. The Morgan fingerprint density at radius 2 is 1.76 bits per heavy atom. The number of aromatic hydroxyl groups is 1. The highest BCUT2D eigenvalue weighted by molar-refractivity contribution is 5.74. The average Bonchev–Trinajstić information content (AvgIpc) is 2.36. The van der Waals surface area contributed by atoms with Gasteiger partial charge in [-0.2, -0.15) is 18.4 Å². The van der Waals surface area contributed by atoms with Crippen LogP contribution in [0.25, 0.3) is 11.1 Å². The molecule has 0 amide bonds. The molecular weight excluding hydrogens is 286 g/mol. The van der Waals surface area contributed by atoms with Crippen LogP contribution < -0.4 is 0 Å². The topological polar surface area (TPSA) is 44.0 Å². The molecule has 6 heteroatoms. The van der Waals surface area contributed by atoms with Crippen molar-refractivity contribution in [2.45, 2.75) is 13.1 Å². The van der Waals surface area contributed by atoms with E-state index < -0.39 is 23.3 Å². The van der Waals surface area contributed by atoms with E-state index in [1.165, 1.54) is 12.1 Å².